The summed E-state index contributed by atoms with van der Waals surface area (Å²) in [6, 6.07) is 12.3. The van der Waals surface area contributed by atoms with E-state index in [2.05, 4.69) is 36.0 Å². The highest BCUT2D eigenvalue weighted by Crippen LogP contribution is 2.29. The van der Waals surface area contributed by atoms with Crippen LogP contribution in [0.2, 0.25) is 5.02 Å². The lowest BCUT2D eigenvalue weighted by Gasteiger charge is -2.19. The number of hydrogen-bond acceptors (Lipinski definition) is 5. The molecule has 0 unspecified atom stereocenters. The van der Waals surface area contributed by atoms with Gasteiger partial charge in [0.2, 0.25) is 0 Å². The molecule has 1 N–H and O–H groups in total. The zero-order chi connectivity index (χ0) is 19.6. The van der Waals surface area contributed by atoms with Crippen LogP contribution >= 0.6 is 11.6 Å². The van der Waals surface area contributed by atoms with E-state index in [0.717, 1.165) is 5.75 Å². The van der Waals surface area contributed by atoms with Crippen molar-refractivity contribution in [2.75, 3.05) is 0 Å². The molecule has 8 heteroatoms. The van der Waals surface area contributed by atoms with Crippen molar-refractivity contribution in [2.24, 2.45) is 0 Å². The molecule has 0 fully saturated rings. The molecule has 1 heterocycles. The van der Waals surface area contributed by atoms with Gasteiger partial charge in [0.15, 0.2) is 11.6 Å². The third-order valence-electron chi connectivity index (χ3n) is 4.03. The summed E-state index contributed by atoms with van der Waals surface area (Å²) >= 11 is 5.83. The van der Waals surface area contributed by atoms with E-state index in [0.29, 0.717) is 17.2 Å². The van der Waals surface area contributed by atoms with E-state index in [4.69, 9.17) is 16.3 Å². The van der Waals surface area contributed by atoms with Gasteiger partial charge in [-0.25, -0.2) is 4.98 Å². The Morgan fingerprint density at radius 1 is 1.19 bits per heavy atom. The molecule has 1 aromatic heterocycles. The maximum Gasteiger partial charge on any atom is 0.288 e. The molecule has 3 aromatic rings. The first-order valence-electron chi connectivity index (χ1n) is 8.33. The van der Waals surface area contributed by atoms with Crippen molar-refractivity contribution in [1.29, 1.82) is 0 Å². The minimum absolute atomic E-state index is 0.0709. The average molecular weight is 387 g/mol. The summed E-state index contributed by atoms with van der Waals surface area (Å²) in [5.74, 6) is 1.59. The Hall–Kier alpha value is -2.93. The lowest BCUT2D eigenvalue weighted by molar-refractivity contribution is -0.384. The second kappa shape index (κ2) is 7.36. The van der Waals surface area contributed by atoms with Gasteiger partial charge in [-0.3, -0.25) is 15.2 Å². The van der Waals surface area contributed by atoms with E-state index in [9.17, 15) is 10.1 Å². The lowest BCUT2D eigenvalue weighted by atomic mass is 9.87. The molecule has 140 valence electrons. The fourth-order valence-electron chi connectivity index (χ4n) is 2.48. The van der Waals surface area contributed by atoms with Crippen LogP contribution in [0.15, 0.2) is 42.5 Å². The largest absolute Gasteiger partial charge is 0.486 e. The fourth-order valence-corrected chi connectivity index (χ4v) is 2.67. The SMILES string of the molecule is CC(C)(C)c1ccc(OCc2nc(-c3ccc(Cl)c([N+](=O)[O-])c3)n[nH]2)cc1. The maximum absolute atomic E-state index is 11.0. The van der Waals surface area contributed by atoms with Gasteiger partial charge in [0.05, 0.1) is 4.92 Å². The first-order chi connectivity index (χ1) is 12.7. The van der Waals surface area contributed by atoms with E-state index in [1.165, 1.54) is 17.7 Å². The van der Waals surface area contributed by atoms with Crippen molar-refractivity contribution < 1.29 is 9.66 Å². The molecule has 2 aromatic carbocycles. The number of aromatic nitrogens is 3. The highest BCUT2D eigenvalue weighted by Gasteiger charge is 2.16. The zero-order valence-electron chi connectivity index (χ0n) is 15.2. The van der Waals surface area contributed by atoms with E-state index in [1.54, 1.807) is 6.07 Å². The number of nitro groups is 1. The molecule has 0 saturated carbocycles. The van der Waals surface area contributed by atoms with Gasteiger partial charge in [0.1, 0.15) is 17.4 Å². The second-order valence-electron chi connectivity index (χ2n) is 7.09. The maximum atomic E-state index is 11.0. The second-order valence-corrected chi connectivity index (χ2v) is 7.50. The number of rotatable bonds is 5. The van der Waals surface area contributed by atoms with Crippen LogP contribution in [0.25, 0.3) is 11.4 Å². The third-order valence-corrected chi connectivity index (χ3v) is 4.35. The van der Waals surface area contributed by atoms with Gasteiger partial charge >= 0.3 is 0 Å². The quantitative estimate of drug-likeness (QED) is 0.496. The van der Waals surface area contributed by atoms with Crippen LogP contribution in [-0.2, 0) is 12.0 Å². The Kier molecular flexibility index (Phi) is 5.14. The normalized spacial score (nSPS) is 11.4. The summed E-state index contributed by atoms with van der Waals surface area (Å²) in [7, 11) is 0. The highest BCUT2D eigenvalue weighted by atomic mass is 35.5. The number of H-pyrrole nitrogens is 1. The smallest absolute Gasteiger partial charge is 0.288 e. The predicted molar refractivity (Wildman–Crippen MR) is 103 cm³/mol. The van der Waals surface area contributed by atoms with Crippen LogP contribution in [-0.4, -0.2) is 20.1 Å². The van der Waals surface area contributed by atoms with Crippen molar-refractivity contribution in [3.05, 3.63) is 69.0 Å². The Bertz CT molecular complexity index is 962. The molecule has 0 radical (unpaired) electrons. The Morgan fingerprint density at radius 3 is 2.52 bits per heavy atom. The molecule has 7 nitrogen and oxygen atoms in total. The van der Waals surface area contributed by atoms with Gasteiger partial charge in [0.25, 0.3) is 5.69 Å². The summed E-state index contributed by atoms with van der Waals surface area (Å²) in [5.41, 5.74) is 1.62. The molecule has 0 spiro atoms. The summed E-state index contributed by atoms with van der Waals surface area (Å²) < 4.78 is 5.73. The van der Waals surface area contributed by atoms with Crippen LogP contribution in [0.4, 0.5) is 5.69 Å². The Balaban J connectivity index is 1.70. The van der Waals surface area contributed by atoms with Crippen molar-refractivity contribution in [3.8, 4) is 17.1 Å². The predicted octanol–water partition coefficient (Wildman–Crippen LogP) is 4.91. The molecule has 0 amide bonds. The number of nitrogens with zero attached hydrogens (tertiary/aromatic N) is 3. The van der Waals surface area contributed by atoms with Gasteiger partial charge in [-0.2, -0.15) is 5.10 Å². The number of nitro benzene ring substituents is 1. The Labute approximate surface area is 161 Å². The number of hydrogen-bond donors (Lipinski definition) is 1. The molecular formula is C19H19ClN4O3. The summed E-state index contributed by atoms with van der Waals surface area (Å²) in [6.07, 6.45) is 0. The van der Waals surface area contributed by atoms with E-state index in [-0.39, 0.29) is 22.7 Å². The van der Waals surface area contributed by atoms with Crippen LogP contribution in [0.5, 0.6) is 5.75 Å². The Morgan fingerprint density at radius 2 is 1.89 bits per heavy atom. The van der Waals surface area contributed by atoms with Crippen molar-refractivity contribution >= 4 is 17.3 Å². The van der Waals surface area contributed by atoms with Crippen LogP contribution in [0.1, 0.15) is 32.2 Å². The van der Waals surface area contributed by atoms with Crippen molar-refractivity contribution in [3.63, 3.8) is 0 Å². The number of halogens is 1. The molecule has 0 saturated heterocycles. The van der Waals surface area contributed by atoms with Crippen LogP contribution in [0, 0.1) is 10.1 Å². The van der Waals surface area contributed by atoms with Gasteiger partial charge in [-0.05, 0) is 35.2 Å². The molecule has 0 aliphatic carbocycles. The first kappa shape index (κ1) is 18.8. The van der Waals surface area contributed by atoms with E-state index < -0.39 is 4.92 Å². The van der Waals surface area contributed by atoms with Gasteiger partial charge in [-0.15, -0.1) is 0 Å². The summed E-state index contributed by atoms with van der Waals surface area (Å²) in [4.78, 5) is 14.8. The molecular weight excluding hydrogens is 368 g/mol. The first-order valence-corrected chi connectivity index (χ1v) is 8.71. The van der Waals surface area contributed by atoms with Gasteiger partial charge < -0.3 is 4.74 Å². The number of aromatic amines is 1. The lowest BCUT2D eigenvalue weighted by Crippen LogP contribution is -2.10. The molecule has 0 aliphatic heterocycles. The van der Waals surface area contributed by atoms with E-state index in [1.807, 2.05) is 24.3 Å². The molecule has 0 atom stereocenters. The molecule has 0 bridgehead atoms. The minimum Gasteiger partial charge on any atom is -0.486 e. The van der Waals surface area contributed by atoms with E-state index >= 15 is 0 Å². The molecule has 27 heavy (non-hydrogen) atoms. The zero-order valence-corrected chi connectivity index (χ0v) is 15.9. The van der Waals surface area contributed by atoms with Gasteiger partial charge in [-0.1, -0.05) is 44.5 Å². The fraction of sp³-hybridized carbons (Fsp3) is 0.263. The third kappa shape index (κ3) is 4.43. The van der Waals surface area contributed by atoms with Gasteiger partial charge in [0, 0.05) is 11.6 Å². The molecule has 0 aliphatic rings. The van der Waals surface area contributed by atoms with Crippen molar-refractivity contribution in [2.45, 2.75) is 32.8 Å². The number of nitrogens with one attached hydrogen (secondary N) is 1. The van der Waals surface area contributed by atoms with Crippen LogP contribution in [0.3, 0.4) is 0 Å². The standard InChI is InChI=1S/C19H19ClN4O3/c1-19(2,3)13-5-7-14(8-6-13)27-11-17-21-18(23-22-17)12-4-9-15(20)16(10-12)24(25)26/h4-10H,11H2,1-3H3,(H,21,22,23). The number of benzene rings is 2. The monoisotopic (exact) mass is 386 g/mol. The summed E-state index contributed by atoms with van der Waals surface area (Å²) in [6.45, 7) is 6.66. The van der Waals surface area contributed by atoms with Crippen molar-refractivity contribution in [1.82, 2.24) is 15.2 Å². The average Bonchev–Trinajstić information content (AvgIpc) is 3.09. The summed E-state index contributed by atoms with van der Waals surface area (Å²) in [5, 5.41) is 18.0. The topological polar surface area (TPSA) is 93.9 Å². The highest BCUT2D eigenvalue weighted by molar-refractivity contribution is 6.32. The molecule has 3 rings (SSSR count). The minimum atomic E-state index is -0.538. The van der Waals surface area contributed by atoms with Crippen LogP contribution < -0.4 is 4.74 Å². The number of ether oxygens (including phenoxy) is 1.